The third-order valence-corrected chi connectivity index (χ3v) is 2.87. The van der Waals surface area contributed by atoms with Gasteiger partial charge in [-0.15, -0.1) is 0 Å². The highest BCUT2D eigenvalue weighted by Gasteiger charge is 2.08. The standard InChI is InChI=1S/C10H11N3OS/c1-13-5-2-8(6-13)9(14)7-15-10-11-3-4-12-10/h2-6H,7H2,1H3,(H,11,12). The normalized spacial score (nSPS) is 10.5. The quantitative estimate of drug-likeness (QED) is 0.631. The summed E-state index contributed by atoms with van der Waals surface area (Å²) in [6, 6.07) is 1.82. The van der Waals surface area contributed by atoms with Crippen LogP contribution < -0.4 is 0 Å². The van der Waals surface area contributed by atoms with E-state index in [4.69, 9.17) is 0 Å². The van der Waals surface area contributed by atoms with Crippen molar-refractivity contribution in [2.24, 2.45) is 7.05 Å². The lowest BCUT2D eigenvalue weighted by atomic mass is 10.2. The van der Waals surface area contributed by atoms with Crippen molar-refractivity contribution < 1.29 is 4.79 Å². The van der Waals surface area contributed by atoms with Gasteiger partial charge >= 0.3 is 0 Å². The summed E-state index contributed by atoms with van der Waals surface area (Å²) in [5, 5.41) is 0.777. The monoisotopic (exact) mass is 221 g/mol. The van der Waals surface area contributed by atoms with Crippen LogP contribution >= 0.6 is 11.8 Å². The summed E-state index contributed by atoms with van der Waals surface area (Å²) < 4.78 is 1.87. The number of thioether (sulfide) groups is 1. The predicted octanol–water partition coefficient (Wildman–Crippen LogP) is 1.72. The Morgan fingerprint density at radius 3 is 3.13 bits per heavy atom. The highest BCUT2D eigenvalue weighted by molar-refractivity contribution is 7.99. The Bertz CT molecular complexity index is 447. The Kier molecular flexibility index (Phi) is 2.91. The minimum Gasteiger partial charge on any atom is -0.357 e. The van der Waals surface area contributed by atoms with E-state index < -0.39 is 0 Å². The molecule has 0 amide bonds. The van der Waals surface area contributed by atoms with Crippen molar-refractivity contribution in [3.63, 3.8) is 0 Å². The summed E-state index contributed by atoms with van der Waals surface area (Å²) in [4.78, 5) is 18.7. The fraction of sp³-hybridized carbons (Fsp3) is 0.200. The highest BCUT2D eigenvalue weighted by Crippen LogP contribution is 2.14. The third-order valence-electron chi connectivity index (χ3n) is 1.97. The molecular weight excluding hydrogens is 210 g/mol. The Labute approximate surface area is 91.7 Å². The Hall–Kier alpha value is -1.49. The van der Waals surface area contributed by atoms with E-state index in [2.05, 4.69) is 9.97 Å². The maximum absolute atomic E-state index is 11.7. The van der Waals surface area contributed by atoms with Gasteiger partial charge in [-0.2, -0.15) is 0 Å². The van der Waals surface area contributed by atoms with Crippen LogP contribution in [-0.4, -0.2) is 26.1 Å². The molecule has 0 bridgehead atoms. The van der Waals surface area contributed by atoms with Crippen molar-refractivity contribution in [1.29, 1.82) is 0 Å². The SMILES string of the molecule is Cn1ccc(C(=O)CSc2ncc[nH]2)c1. The molecule has 0 aromatic carbocycles. The van der Waals surface area contributed by atoms with Gasteiger partial charge in [0.15, 0.2) is 10.9 Å². The van der Waals surface area contributed by atoms with Crippen LogP contribution in [0.15, 0.2) is 36.0 Å². The van der Waals surface area contributed by atoms with Crippen molar-refractivity contribution >= 4 is 17.5 Å². The van der Waals surface area contributed by atoms with Gasteiger partial charge in [-0.3, -0.25) is 4.79 Å². The molecule has 0 radical (unpaired) electrons. The van der Waals surface area contributed by atoms with E-state index in [0.717, 1.165) is 10.7 Å². The average molecular weight is 221 g/mol. The third kappa shape index (κ3) is 2.50. The van der Waals surface area contributed by atoms with Gasteiger partial charge in [-0.1, -0.05) is 11.8 Å². The zero-order valence-electron chi connectivity index (χ0n) is 8.30. The lowest BCUT2D eigenvalue weighted by molar-refractivity contribution is 0.102. The second-order valence-corrected chi connectivity index (χ2v) is 4.14. The number of nitrogens with zero attached hydrogens (tertiary/aromatic N) is 2. The lowest BCUT2D eigenvalue weighted by Gasteiger charge is -1.95. The van der Waals surface area contributed by atoms with Crippen LogP contribution in [0.25, 0.3) is 0 Å². The van der Waals surface area contributed by atoms with Crippen LogP contribution in [0, 0.1) is 0 Å². The van der Waals surface area contributed by atoms with Gasteiger partial charge in [-0.05, 0) is 6.07 Å². The summed E-state index contributed by atoms with van der Waals surface area (Å²) in [5.74, 6) is 0.536. The van der Waals surface area contributed by atoms with Crippen LogP contribution in [0.4, 0.5) is 0 Å². The molecule has 4 nitrogen and oxygen atoms in total. The van der Waals surface area contributed by atoms with Crippen LogP contribution in [0.1, 0.15) is 10.4 Å². The number of ketones is 1. The summed E-state index contributed by atoms with van der Waals surface area (Å²) in [6.07, 6.45) is 7.11. The molecule has 0 saturated heterocycles. The molecule has 0 unspecified atom stereocenters. The second kappa shape index (κ2) is 4.35. The number of hydrogen-bond donors (Lipinski definition) is 1. The summed E-state index contributed by atoms with van der Waals surface area (Å²) in [7, 11) is 1.90. The first-order valence-corrected chi connectivity index (χ1v) is 5.51. The van der Waals surface area contributed by atoms with E-state index in [1.54, 1.807) is 12.4 Å². The number of rotatable bonds is 4. The van der Waals surface area contributed by atoms with Crippen molar-refractivity contribution in [2.75, 3.05) is 5.75 Å². The first kappa shape index (κ1) is 10.0. The summed E-state index contributed by atoms with van der Waals surface area (Å²) in [6.45, 7) is 0. The summed E-state index contributed by atoms with van der Waals surface area (Å²) in [5.41, 5.74) is 0.747. The van der Waals surface area contributed by atoms with Crippen molar-refractivity contribution in [1.82, 2.24) is 14.5 Å². The molecule has 2 aromatic rings. The molecule has 0 spiro atoms. The molecule has 5 heteroatoms. The van der Waals surface area contributed by atoms with Gasteiger partial charge in [0.2, 0.25) is 0 Å². The minimum absolute atomic E-state index is 0.122. The summed E-state index contributed by atoms with van der Waals surface area (Å²) >= 11 is 1.41. The molecule has 1 N–H and O–H groups in total. The number of imidazole rings is 1. The molecule has 0 aliphatic carbocycles. The molecule has 0 aliphatic rings. The highest BCUT2D eigenvalue weighted by atomic mass is 32.2. The van der Waals surface area contributed by atoms with E-state index in [9.17, 15) is 4.79 Å². The van der Waals surface area contributed by atoms with Crippen LogP contribution in [-0.2, 0) is 7.05 Å². The molecule has 2 heterocycles. The van der Waals surface area contributed by atoms with Gasteiger partial charge in [0.1, 0.15) is 0 Å². The lowest BCUT2D eigenvalue weighted by Crippen LogP contribution is -2.01. The topological polar surface area (TPSA) is 50.7 Å². The van der Waals surface area contributed by atoms with E-state index in [0.29, 0.717) is 5.75 Å². The molecule has 2 aromatic heterocycles. The second-order valence-electron chi connectivity index (χ2n) is 3.17. The maximum Gasteiger partial charge on any atom is 0.174 e. The van der Waals surface area contributed by atoms with E-state index in [1.807, 2.05) is 30.1 Å². The number of nitrogens with one attached hydrogen (secondary N) is 1. The van der Waals surface area contributed by atoms with Crippen LogP contribution in [0.2, 0.25) is 0 Å². The largest absolute Gasteiger partial charge is 0.357 e. The molecule has 78 valence electrons. The number of carbonyl (C=O) groups excluding carboxylic acids is 1. The van der Waals surface area contributed by atoms with Gasteiger partial charge < -0.3 is 9.55 Å². The van der Waals surface area contributed by atoms with Crippen LogP contribution in [0.5, 0.6) is 0 Å². The number of Topliss-reactive ketones (excluding diaryl/α,β-unsaturated/α-hetero) is 1. The Balaban J connectivity index is 1.93. The zero-order chi connectivity index (χ0) is 10.7. The van der Waals surface area contributed by atoms with Crippen molar-refractivity contribution in [3.05, 3.63) is 36.4 Å². The molecule has 15 heavy (non-hydrogen) atoms. The zero-order valence-corrected chi connectivity index (χ0v) is 9.12. The van der Waals surface area contributed by atoms with E-state index in [-0.39, 0.29) is 5.78 Å². The fourth-order valence-corrected chi connectivity index (χ4v) is 1.94. The number of aryl methyl sites for hydroxylation is 1. The van der Waals surface area contributed by atoms with Gasteiger partial charge in [0, 0.05) is 37.4 Å². The van der Waals surface area contributed by atoms with Crippen molar-refractivity contribution in [3.8, 4) is 0 Å². The number of hydrogen-bond acceptors (Lipinski definition) is 3. The Morgan fingerprint density at radius 2 is 2.53 bits per heavy atom. The number of carbonyl (C=O) groups is 1. The molecule has 0 saturated carbocycles. The van der Waals surface area contributed by atoms with Crippen LogP contribution in [0.3, 0.4) is 0 Å². The van der Waals surface area contributed by atoms with E-state index >= 15 is 0 Å². The van der Waals surface area contributed by atoms with Crippen molar-refractivity contribution in [2.45, 2.75) is 5.16 Å². The molecule has 0 aliphatic heterocycles. The molecule has 0 atom stereocenters. The van der Waals surface area contributed by atoms with Gasteiger partial charge in [0.05, 0.1) is 5.75 Å². The number of aromatic amines is 1. The average Bonchev–Trinajstić information content (AvgIpc) is 2.84. The molecular formula is C10H11N3OS. The number of H-pyrrole nitrogens is 1. The first-order chi connectivity index (χ1) is 7.25. The van der Waals surface area contributed by atoms with Gasteiger partial charge in [-0.25, -0.2) is 4.98 Å². The molecule has 2 rings (SSSR count). The van der Waals surface area contributed by atoms with E-state index in [1.165, 1.54) is 11.8 Å². The smallest absolute Gasteiger partial charge is 0.174 e. The minimum atomic E-state index is 0.122. The predicted molar refractivity (Wildman–Crippen MR) is 59.1 cm³/mol. The number of aromatic nitrogens is 3. The van der Waals surface area contributed by atoms with Gasteiger partial charge in [0.25, 0.3) is 0 Å². The Morgan fingerprint density at radius 1 is 1.67 bits per heavy atom. The fourth-order valence-electron chi connectivity index (χ4n) is 1.22. The maximum atomic E-state index is 11.7. The first-order valence-electron chi connectivity index (χ1n) is 4.53. The molecule has 0 fully saturated rings.